The minimum atomic E-state index is -1.09. The molecule has 0 spiro atoms. The van der Waals surface area contributed by atoms with E-state index < -0.39 is 11.8 Å². The van der Waals surface area contributed by atoms with E-state index in [2.05, 4.69) is 6.92 Å². The summed E-state index contributed by atoms with van der Waals surface area (Å²) in [6.07, 6.45) is 8.54. The van der Waals surface area contributed by atoms with Crippen LogP contribution in [0.5, 0.6) is 0 Å². The first kappa shape index (κ1) is 16.0. The van der Waals surface area contributed by atoms with E-state index in [1.54, 1.807) is 6.08 Å². The summed E-state index contributed by atoms with van der Waals surface area (Å²) in [7, 11) is 0. The van der Waals surface area contributed by atoms with Gasteiger partial charge in [0.25, 0.3) is 0 Å². The molecule has 1 aromatic carbocycles. The molecule has 0 amide bonds. The Hall–Kier alpha value is -1.41. The standard InChI is InChI=1S/C19H25FO/c1-3-5-9-13-19(21-4-2)14-12-17(15-18(19)20)16-10-7-6-8-11-16/h6-8,10-12,14-15,18H,3-5,9,13H2,1-2H3. The summed E-state index contributed by atoms with van der Waals surface area (Å²) in [5.74, 6) is 0. The van der Waals surface area contributed by atoms with E-state index >= 15 is 0 Å². The van der Waals surface area contributed by atoms with Crippen LogP contribution in [0.25, 0.3) is 5.57 Å². The van der Waals surface area contributed by atoms with Crippen molar-refractivity contribution in [2.24, 2.45) is 0 Å². The maximum Gasteiger partial charge on any atom is 0.152 e. The first-order valence-electron chi connectivity index (χ1n) is 7.96. The van der Waals surface area contributed by atoms with Gasteiger partial charge in [-0.25, -0.2) is 4.39 Å². The molecule has 21 heavy (non-hydrogen) atoms. The summed E-state index contributed by atoms with van der Waals surface area (Å²) in [5, 5.41) is 0. The van der Waals surface area contributed by atoms with Gasteiger partial charge in [0, 0.05) is 6.61 Å². The van der Waals surface area contributed by atoms with Crippen molar-refractivity contribution in [3.05, 3.63) is 54.1 Å². The molecular weight excluding hydrogens is 263 g/mol. The number of allylic oxidation sites excluding steroid dienone is 2. The van der Waals surface area contributed by atoms with Gasteiger partial charge in [0.05, 0.1) is 0 Å². The van der Waals surface area contributed by atoms with Gasteiger partial charge in [-0.1, -0.05) is 62.6 Å². The second-order valence-electron chi connectivity index (χ2n) is 5.57. The van der Waals surface area contributed by atoms with Gasteiger partial charge < -0.3 is 4.74 Å². The van der Waals surface area contributed by atoms with Crippen LogP contribution in [0.3, 0.4) is 0 Å². The summed E-state index contributed by atoms with van der Waals surface area (Å²) in [6.45, 7) is 4.62. The van der Waals surface area contributed by atoms with Gasteiger partial charge in [0.2, 0.25) is 0 Å². The number of hydrogen-bond acceptors (Lipinski definition) is 1. The van der Waals surface area contributed by atoms with Gasteiger partial charge in [0.15, 0.2) is 6.17 Å². The van der Waals surface area contributed by atoms with Crippen LogP contribution in [0, 0.1) is 0 Å². The van der Waals surface area contributed by atoms with Gasteiger partial charge in [-0.2, -0.15) is 0 Å². The molecule has 1 nitrogen and oxygen atoms in total. The van der Waals surface area contributed by atoms with E-state index in [0.717, 1.165) is 36.8 Å². The SMILES string of the molecule is CCCCCC1(OCC)C=CC(c2ccccc2)=CC1F. The Bertz CT molecular complexity index is 492. The Kier molecular flexibility index (Phi) is 5.75. The molecule has 2 unspecified atom stereocenters. The number of ether oxygens (including phenoxy) is 1. The lowest BCUT2D eigenvalue weighted by Gasteiger charge is -2.35. The van der Waals surface area contributed by atoms with Crippen LogP contribution in [0.2, 0.25) is 0 Å². The average Bonchev–Trinajstić information content (AvgIpc) is 2.51. The first-order valence-corrected chi connectivity index (χ1v) is 7.96. The van der Waals surface area contributed by atoms with Crippen LogP contribution >= 0.6 is 0 Å². The molecule has 2 heteroatoms. The zero-order valence-corrected chi connectivity index (χ0v) is 13.0. The fourth-order valence-corrected chi connectivity index (χ4v) is 2.84. The van der Waals surface area contributed by atoms with Crippen LogP contribution in [-0.2, 0) is 4.74 Å². The average molecular weight is 288 g/mol. The summed E-state index contributed by atoms with van der Waals surface area (Å²) >= 11 is 0. The summed E-state index contributed by atoms with van der Waals surface area (Å²) in [4.78, 5) is 0. The zero-order chi connectivity index (χ0) is 15.1. The van der Waals surface area contributed by atoms with Crippen molar-refractivity contribution in [2.45, 2.75) is 51.3 Å². The molecule has 0 aromatic heterocycles. The molecule has 114 valence electrons. The Balaban J connectivity index is 2.16. The second-order valence-corrected chi connectivity index (χ2v) is 5.57. The highest BCUT2D eigenvalue weighted by Gasteiger charge is 2.38. The van der Waals surface area contributed by atoms with Gasteiger partial charge >= 0.3 is 0 Å². The molecule has 0 saturated heterocycles. The molecule has 0 bridgehead atoms. The van der Waals surface area contributed by atoms with Gasteiger partial charge in [-0.15, -0.1) is 0 Å². The van der Waals surface area contributed by atoms with Crippen LogP contribution < -0.4 is 0 Å². The largest absolute Gasteiger partial charge is 0.368 e. The molecule has 0 radical (unpaired) electrons. The molecule has 1 aliphatic rings. The van der Waals surface area contributed by atoms with Crippen molar-refractivity contribution in [2.75, 3.05) is 6.61 Å². The fraction of sp³-hybridized carbons (Fsp3) is 0.474. The minimum Gasteiger partial charge on any atom is -0.368 e. The highest BCUT2D eigenvalue weighted by molar-refractivity contribution is 5.76. The third-order valence-corrected chi connectivity index (χ3v) is 4.03. The predicted molar refractivity (Wildman–Crippen MR) is 87.0 cm³/mol. The Morgan fingerprint density at radius 2 is 1.90 bits per heavy atom. The highest BCUT2D eigenvalue weighted by Crippen LogP contribution is 2.35. The molecular formula is C19H25FO. The maximum atomic E-state index is 14.8. The van der Waals surface area contributed by atoms with Crippen molar-refractivity contribution in [1.82, 2.24) is 0 Å². The molecule has 1 aromatic rings. The van der Waals surface area contributed by atoms with E-state index in [1.165, 1.54) is 0 Å². The third-order valence-electron chi connectivity index (χ3n) is 4.03. The quantitative estimate of drug-likeness (QED) is 0.616. The molecule has 0 fully saturated rings. The monoisotopic (exact) mass is 288 g/mol. The van der Waals surface area contributed by atoms with E-state index in [9.17, 15) is 4.39 Å². The minimum absolute atomic E-state index is 0.533. The molecule has 2 atom stereocenters. The number of rotatable bonds is 7. The number of benzene rings is 1. The fourth-order valence-electron chi connectivity index (χ4n) is 2.84. The molecule has 1 aliphatic carbocycles. The van der Waals surface area contributed by atoms with Crippen molar-refractivity contribution < 1.29 is 9.13 Å². The van der Waals surface area contributed by atoms with E-state index in [0.29, 0.717) is 6.61 Å². The Morgan fingerprint density at radius 1 is 1.14 bits per heavy atom. The molecule has 2 rings (SSSR count). The van der Waals surface area contributed by atoms with Crippen LogP contribution in [0.15, 0.2) is 48.6 Å². The van der Waals surface area contributed by atoms with Crippen LogP contribution in [-0.4, -0.2) is 18.4 Å². The van der Waals surface area contributed by atoms with Crippen molar-refractivity contribution in [1.29, 1.82) is 0 Å². The number of alkyl halides is 1. The Labute approximate surface area is 127 Å². The summed E-state index contributed by atoms with van der Waals surface area (Å²) in [6, 6.07) is 9.94. The summed E-state index contributed by atoms with van der Waals surface area (Å²) in [5.41, 5.74) is 1.21. The lowest BCUT2D eigenvalue weighted by atomic mass is 9.84. The smallest absolute Gasteiger partial charge is 0.152 e. The molecule has 0 N–H and O–H groups in total. The van der Waals surface area contributed by atoms with Gasteiger partial charge in [0.1, 0.15) is 5.60 Å². The summed E-state index contributed by atoms with van der Waals surface area (Å²) < 4.78 is 20.6. The maximum absolute atomic E-state index is 14.8. The van der Waals surface area contributed by atoms with E-state index in [4.69, 9.17) is 4.74 Å². The van der Waals surface area contributed by atoms with Gasteiger partial charge in [-0.05, 0) is 36.6 Å². The topological polar surface area (TPSA) is 9.23 Å². The van der Waals surface area contributed by atoms with E-state index in [-0.39, 0.29) is 0 Å². The third kappa shape index (κ3) is 3.82. The van der Waals surface area contributed by atoms with Crippen molar-refractivity contribution in [3.63, 3.8) is 0 Å². The normalized spacial score (nSPS) is 24.9. The number of unbranched alkanes of at least 4 members (excludes halogenated alkanes) is 2. The predicted octanol–water partition coefficient (Wildman–Crippen LogP) is 5.33. The molecule has 0 aliphatic heterocycles. The van der Waals surface area contributed by atoms with Crippen LogP contribution in [0.1, 0.15) is 45.1 Å². The van der Waals surface area contributed by atoms with Crippen molar-refractivity contribution in [3.8, 4) is 0 Å². The molecule has 0 heterocycles. The van der Waals surface area contributed by atoms with Crippen molar-refractivity contribution >= 4 is 5.57 Å². The zero-order valence-electron chi connectivity index (χ0n) is 13.0. The second kappa shape index (κ2) is 7.56. The first-order chi connectivity index (χ1) is 10.2. The lowest BCUT2D eigenvalue weighted by molar-refractivity contribution is -0.0495. The Morgan fingerprint density at radius 3 is 2.52 bits per heavy atom. The van der Waals surface area contributed by atoms with Gasteiger partial charge in [-0.3, -0.25) is 0 Å². The molecule has 0 saturated carbocycles. The lowest BCUT2D eigenvalue weighted by Crippen LogP contribution is -2.41. The number of hydrogen-bond donors (Lipinski definition) is 0. The highest BCUT2D eigenvalue weighted by atomic mass is 19.1. The van der Waals surface area contributed by atoms with E-state index in [1.807, 2.05) is 49.4 Å². The van der Waals surface area contributed by atoms with Crippen LogP contribution in [0.4, 0.5) is 4.39 Å². The number of halogens is 1.